The zero-order chi connectivity index (χ0) is 22.0. The van der Waals surface area contributed by atoms with E-state index in [1.54, 1.807) is 29.2 Å². The van der Waals surface area contributed by atoms with Crippen LogP contribution in [0.1, 0.15) is 12.8 Å². The molecule has 0 bridgehead atoms. The minimum Gasteiger partial charge on any atom is -0.341 e. The van der Waals surface area contributed by atoms with Crippen LogP contribution >= 0.6 is 0 Å². The lowest BCUT2D eigenvalue weighted by Crippen LogP contribution is -2.47. The summed E-state index contributed by atoms with van der Waals surface area (Å²) in [7, 11) is -3.76. The van der Waals surface area contributed by atoms with Crippen molar-refractivity contribution in [3.05, 3.63) is 70.8 Å². The number of para-hydroxylation sites is 1. The van der Waals surface area contributed by atoms with Gasteiger partial charge in [0, 0.05) is 24.5 Å². The molecule has 0 spiro atoms. The molecule has 2 aromatic carbocycles. The maximum atomic E-state index is 13.0. The average molecular weight is 444 g/mol. The van der Waals surface area contributed by atoms with Crippen LogP contribution < -0.4 is 10.2 Å². The van der Waals surface area contributed by atoms with E-state index in [4.69, 9.17) is 0 Å². The standard InChI is InChI=1S/C21H21FN4O4S/c22-15-5-7-17(8-6-15)31(29,30)24-16-9-11-25(12-10-16)21(28)14-26-19-4-2-1-3-18(19)20(27)13-23-26/h1-8,13,16,24H,9-12,14H2. The predicted molar refractivity (Wildman–Crippen MR) is 112 cm³/mol. The van der Waals surface area contributed by atoms with E-state index < -0.39 is 15.8 Å². The molecule has 2 heterocycles. The quantitative estimate of drug-likeness (QED) is 0.643. The number of carbonyl (C=O) groups excluding carboxylic acids is 1. The van der Waals surface area contributed by atoms with E-state index in [1.165, 1.54) is 23.0 Å². The zero-order valence-electron chi connectivity index (χ0n) is 16.6. The summed E-state index contributed by atoms with van der Waals surface area (Å²) in [6.45, 7) is 0.786. The molecule has 0 radical (unpaired) electrons. The van der Waals surface area contributed by atoms with Crippen LogP contribution in [0.2, 0.25) is 0 Å². The summed E-state index contributed by atoms with van der Waals surface area (Å²) < 4.78 is 42.1. The van der Waals surface area contributed by atoms with Crippen molar-refractivity contribution in [2.24, 2.45) is 0 Å². The van der Waals surface area contributed by atoms with Gasteiger partial charge < -0.3 is 4.90 Å². The lowest BCUT2D eigenvalue weighted by Gasteiger charge is -2.32. The normalized spacial score (nSPS) is 15.3. The van der Waals surface area contributed by atoms with E-state index in [2.05, 4.69) is 9.82 Å². The Morgan fingerprint density at radius 3 is 2.48 bits per heavy atom. The average Bonchev–Trinajstić information content (AvgIpc) is 2.76. The Morgan fingerprint density at radius 1 is 1.10 bits per heavy atom. The van der Waals surface area contributed by atoms with Crippen molar-refractivity contribution in [2.45, 2.75) is 30.3 Å². The number of rotatable bonds is 5. The fraction of sp³-hybridized carbons (Fsp3) is 0.286. The number of amides is 1. The summed E-state index contributed by atoms with van der Waals surface area (Å²) in [4.78, 5) is 26.4. The van der Waals surface area contributed by atoms with E-state index in [0.29, 0.717) is 36.8 Å². The van der Waals surface area contributed by atoms with Gasteiger partial charge in [0.25, 0.3) is 0 Å². The van der Waals surface area contributed by atoms with Crippen LogP contribution in [-0.2, 0) is 21.4 Å². The third-order valence-corrected chi connectivity index (χ3v) is 6.88. The maximum Gasteiger partial charge on any atom is 0.244 e. The van der Waals surface area contributed by atoms with E-state index in [9.17, 15) is 22.4 Å². The topological polar surface area (TPSA) is 101 Å². The molecular weight excluding hydrogens is 423 g/mol. The number of sulfonamides is 1. The van der Waals surface area contributed by atoms with Gasteiger partial charge in [0.05, 0.1) is 16.6 Å². The van der Waals surface area contributed by atoms with Crippen LogP contribution in [0.15, 0.2) is 64.4 Å². The fourth-order valence-electron chi connectivity index (χ4n) is 3.66. The highest BCUT2D eigenvalue weighted by Gasteiger charge is 2.27. The number of nitrogens with one attached hydrogen (secondary N) is 1. The van der Waals surface area contributed by atoms with Gasteiger partial charge in [-0.25, -0.2) is 17.5 Å². The van der Waals surface area contributed by atoms with Gasteiger partial charge in [-0.1, -0.05) is 12.1 Å². The molecule has 1 aliphatic rings. The maximum absolute atomic E-state index is 13.0. The molecule has 1 aliphatic heterocycles. The molecule has 1 fully saturated rings. The number of hydrogen-bond acceptors (Lipinski definition) is 5. The minimum absolute atomic E-state index is 0.00331. The number of halogens is 1. The van der Waals surface area contributed by atoms with Gasteiger partial charge in [0.15, 0.2) is 0 Å². The second-order valence-electron chi connectivity index (χ2n) is 7.41. The van der Waals surface area contributed by atoms with Crippen molar-refractivity contribution >= 4 is 26.8 Å². The number of fused-ring (bicyclic) bond motifs is 1. The van der Waals surface area contributed by atoms with Crippen LogP contribution in [0.4, 0.5) is 4.39 Å². The Morgan fingerprint density at radius 2 is 1.77 bits per heavy atom. The van der Waals surface area contributed by atoms with E-state index in [-0.39, 0.29) is 28.8 Å². The van der Waals surface area contributed by atoms with E-state index in [1.807, 2.05) is 0 Å². The summed E-state index contributed by atoms with van der Waals surface area (Å²) in [5.74, 6) is -0.656. The van der Waals surface area contributed by atoms with Crippen LogP contribution in [0.3, 0.4) is 0 Å². The number of carbonyl (C=O) groups is 1. The van der Waals surface area contributed by atoms with Gasteiger partial charge in [-0.15, -0.1) is 0 Å². The largest absolute Gasteiger partial charge is 0.341 e. The molecule has 0 atom stereocenters. The number of nitrogens with zero attached hydrogens (tertiary/aromatic N) is 3. The number of benzene rings is 2. The molecule has 8 nitrogen and oxygen atoms in total. The predicted octanol–water partition coefficient (Wildman–Crippen LogP) is 1.51. The second-order valence-corrected chi connectivity index (χ2v) is 9.13. The van der Waals surface area contributed by atoms with Crippen LogP contribution in [0.25, 0.3) is 10.9 Å². The van der Waals surface area contributed by atoms with Crippen molar-refractivity contribution in [3.8, 4) is 0 Å². The molecule has 4 rings (SSSR count). The molecule has 0 unspecified atom stereocenters. The molecular formula is C21H21FN4O4S. The van der Waals surface area contributed by atoms with Crippen LogP contribution in [0, 0.1) is 5.82 Å². The van der Waals surface area contributed by atoms with Gasteiger partial charge in [-0.2, -0.15) is 5.10 Å². The van der Waals surface area contributed by atoms with Gasteiger partial charge in [0.2, 0.25) is 21.4 Å². The Labute approximate surface area is 178 Å². The van der Waals surface area contributed by atoms with Crippen LogP contribution in [-0.4, -0.2) is 48.1 Å². The lowest BCUT2D eigenvalue weighted by atomic mass is 10.1. The molecule has 162 valence electrons. The summed E-state index contributed by atoms with van der Waals surface area (Å²) in [5, 5.41) is 4.58. The highest BCUT2D eigenvalue weighted by molar-refractivity contribution is 7.89. The first kappa shape index (κ1) is 21.1. The Kier molecular flexibility index (Phi) is 5.84. The first-order chi connectivity index (χ1) is 14.8. The van der Waals surface area contributed by atoms with E-state index >= 15 is 0 Å². The van der Waals surface area contributed by atoms with Crippen molar-refractivity contribution in [3.63, 3.8) is 0 Å². The fourth-order valence-corrected chi connectivity index (χ4v) is 4.97. The number of likely N-dealkylation sites (tertiary alicyclic amines) is 1. The molecule has 3 aromatic rings. The molecule has 0 saturated carbocycles. The summed E-state index contributed by atoms with van der Waals surface area (Å²) in [6.07, 6.45) is 2.13. The second kappa shape index (κ2) is 8.56. The molecule has 0 aliphatic carbocycles. The molecule has 1 saturated heterocycles. The third kappa shape index (κ3) is 4.64. The highest BCUT2D eigenvalue weighted by atomic mass is 32.2. The summed E-state index contributed by atoms with van der Waals surface area (Å²) >= 11 is 0. The van der Waals surface area contributed by atoms with Gasteiger partial charge >= 0.3 is 0 Å². The third-order valence-electron chi connectivity index (χ3n) is 5.34. The van der Waals surface area contributed by atoms with Gasteiger partial charge in [-0.3, -0.25) is 14.3 Å². The van der Waals surface area contributed by atoms with Crippen molar-refractivity contribution in [2.75, 3.05) is 13.1 Å². The SMILES string of the molecule is O=C(Cn1ncc(=O)c2ccccc21)N1CCC(NS(=O)(=O)c2ccc(F)cc2)CC1. The van der Waals surface area contributed by atoms with E-state index in [0.717, 1.165) is 12.1 Å². The summed E-state index contributed by atoms with van der Waals surface area (Å²) in [5.41, 5.74) is 0.388. The molecule has 31 heavy (non-hydrogen) atoms. The lowest BCUT2D eigenvalue weighted by molar-refractivity contribution is -0.133. The number of hydrogen-bond donors (Lipinski definition) is 1. The molecule has 1 aromatic heterocycles. The van der Waals surface area contributed by atoms with Crippen molar-refractivity contribution in [1.29, 1.82) is 0 Å². The van der Waals surface area contributed by atoms with Gasteiger partial charge in [-0.05, 0) is 49.2 Å². The van der Waals surface area contributed by atoms with Crippen LogP contribution in [0.5, 0.6) is 0 Å². The Hall–Kier alpha value is -3.11. The minimum atomic E-state index is -3.76. The Bertz CT molecular complexity index is 1270. The molecule has 1 N–H and O–H groups in total. The molecule has 1 amide bonds. The van der Waals surface area contributed by atoms with Gasteiger partial charge in [0.1, 0.15) is 12.4 Å². The smallest absolute Gasteiger partial charge is 0.244 e. The number of aromatic nitrogens is 2. The highest BCUT2D eigenvalue weighted by Crippen LogP contribution is 2.16. The monoisotopic (exact) mass is 444 g/mol. The van der Waals surface area contributed by atoms with Crippen molar-refractivity contribution < 1.29 is 17.6 Å². The number of piperidine rings is 1. The molecule has 10 heteroatoms. The first-order valence-corrected chi connectivity index (χ1v) is 11.3. The first-order valence-electron chi connectivity index (χ1n) is 9.84. The summed E-state index contributed by atoms with van der Waals surface area (Å²) in [6, 6.07) is 11.3. The Balaban J connectivity index is 1.38. The van der Waals surface area contributed by atoms with Crippen molar-refractivity contribution in [1.82, 2.24) is 19.4 Å². The zero-order valence-corrected chi connectivity index (χ0v) is 17.4.